The van der Waals surface area contributed by atoms with Crippen molar-refractivity contribution in [3.05, 3.63) is 64.1 Å². The molecule has 0 saturated carbocycles. The Morgan fingerprint density at radius 2 is 1.90 bits per heavy atom. The first kappa shape index (κ1) is 21.4. The van der Waals surface area contributed by atoms with Gasteiger partial charge in [-0.3, -0.25) is 4.79 Å². The molecule has 3 rings (SSSR count). The predicted octanol–water partition coefficient (Wildman–Crippen LogP) is 4.26. The molecule has 0 aliphatic carbocycles. The van der Waals surface area contributed by atoms with Crippen LogP contribution in [0.3, 0.4) is 0 Å². The minimum atomic E-state index is 0.0582. The Morgan fingerprint density at radius 3 is 2.59 bits per heavy atom. The highest BCUT2D eigenvalue weighted by atomic mass is 79.9. The standard InChI is InChI=1S/C21H24BrN5OS/c1-3-12-26(13-16-10-8-15(2)9-11-16)19(28)14-29-21-25-24-20(27(21)23)17-6-4-5-7-18(17)22/h4-11H,3,12-14,23H2,1-2H3. The number of carbonyl (C=O) groups is 1. The summed E-state index contributed by atoms with van der Waals surface area (Å²) in [6.45, 7) is 5.44. The summed E-state index contributed by atoms with van der Waals surface area (Å²) >= 11 is 4.81. The van der Waals surface area contributed by atoms with Gasteiger partial charge >= 0.3 is 0 Å². The second-order valence-electron chi connectivity index (χ2n) is 6.75. The van der Waals surface area contributed by atoms with Crippen molar-refractivity contribution in [1.29, 1.82) is 0 Å². The van der Waals surface area contributed by atoms with E-state index in [1.54, 1.807) is 0 Å². The lowest BCUT2D eigenvalue weighted by Gasteiger charge is -2.22. The molecule has 8 heteroatoms. The van der Waals surface area contributed by atoms with Crippen molar-refractivity contribution in [2.45, 2.75) is 32.0 Å². The number of thioether (sulfide) groups is 1. The maximum absolute atomic E-state index is 12.8. The van der Waals surface area contributed by atoms with Crippen LogP contribution in [0.5, 0.6) is 0 Å². The minimum absolute atomic E-state index is 0.0582. The molecular weight excluding hydrogens is 450 g/mol. The molecule has 1 heterocycles. The molecule has 0 fully saturated rings. The number of nitrogen functional groups attached to an aromatic ring is 1. The normalized spacial score (nSPS) is 10.9. The quantitative estimate of drug-likeness (QED) is 0.390. The molecule has 0 atom stereocenters. The van der Waals surface area contributed by atoms with E-state index >= 15 is 0 Å². The summed E-state index contributed by atoms with van der Waals surface area (Å²) in [6.07, 6.45) is 0.904. The molecule has 1 aromatic heterocycles. The zero-order chi connectivity index (χ0) is 20.8. The van der Waals surface area contributed by atoms with E-state index in [0.29, 0.717) is 24.1 Å². The SMILES string of the molecule is CCCN(Cc1ccc(C)cc1)C(=O)CSc1nnc(-c2ccccc2Br)n1N. The number of hydrogen-bond donors (Lipinski definition) is 1. The van der Waals surface area contributed by atoms with E-state index in [4.69, 9.17) is 5.84 Å². The van der Waals surface area contributed by atoms with Crippen LogP contribution in [-0.2, 0) is 11.3 Å². The van der Waals surface area contributed by atoms with E-state index in [2.05, 4.69) is 64.2 Å². The molecule has 0 aliphatic rings. The van der Waals surface area contributed by atoms with Crippen LogP contribution in [0.15, 0.2) is 58.2 Å². The summed E-state index contributed by atoms with van der Waals surface area (Å²) < 4.78 is 2.32. The molecule has 3 aromatic rings. The average Bonchev–Trinajstić information content (AvgIpc) is 3.08. The Morgan fingerprint density at radius 1 is 1.17 bits per heavy atom. The summed E-state index contributed by atoms with van der Waals surface area (Å²) in [5.41, 5.74) is 3.19. The molecule has 2 N–H and O–H groups in total. The van der Waals surface area contributed by atoms with Gasteiger partial charge in [0.2, 0.25) is 11.1 Å². The first-order valence-corrected chi connectivity index (χ1v) is 11.2. The molecule has 0 aliphatic heterocycles. The van der Waals surface area contributed by atoms with Gasteiger partial charge in [0.25, 0.3) is 0 Å². The Kier molecular flexibility index (Phi) is 7.33. The lowest BCUT2D eigenvalue weighted by atomic mass is 10.1. The second kappa shape index (κ2) is 9.93. The largest absolute Gasteiger partial charge is 0.338 e. The van der Waals surface area contributed by atoms with Crippen LogP contribution in [0.2, 0.25) is 0 Å². The van der Waals surface area contributed by atoms with Gasteiger partial charge in [-0.2, -0.15) is 0 Å². The number of hydrogen-bond acceptors (Lipinski definition) is 5. The van der Waals surface area contributed by atoms with E-state index in [1.165, 1.54) is 22.0 Å². The number of nitrogens with two attached hydrogens (primary N) is 1. The minimum Gasteiger partial charge on any atom is -0.338 e. The fourth-order valence-corrected chi connectivity index (χ4v) is 4.12. The smallest absolute Gasteiger partial charge is 0.233 e. The van der Waals surface area contributed by atoms with E-state index in [0.717, 1.165) is 22.0 Å². The van der Waals surface area contributed by atoms with Gasteiger partial charge in [-0.1, -0.05) is 76.6 Å². The van der Waals surface area contributed by atoms with Gasteiger partial charge in [-0.25, -0.2) is 4.68 Å². The van der Waals surface area contributed by atoms with Crippen LogP contribution in [0, 0.1) is 6.92 Å². The Balaban J connectivity index is 1.67. The van der Waals surface area contributed by atoms with Crippen molar-refractivity contribution in [2.24, 2.45) is 0 Å². The Hall–Kier alpha value is -2.32. The first-order chi connectivity index (χ1) is 14.0. The number of benzene rings is 2. The van der Waals surface area contributed by atoms with Gasteiger partial charge in [0.1, 0.15) is 0 Å². The molecule has 1 amide bonds. The van der Waals surface area contributed by atoms with E-state index < -0.39 is 0 Å². The Bertz CT molecular complexity index is 973. The maximum atomic E-state index is 12.8. The zero-order valence-electron chi connectivity index (χ0n) is 16.5. The third-order valence-corrected chi connectivity index (χ3v) is 6.06. The summed E-state index contributed by atoms with van der Waals surface area (Å²) in [6, 6.07) is 16.0. The van der Waals surface area contributed by atoms with Crippen molar-refractivity contribution >= 4 is 33.6 Å². The van der Waals surface area contributed by atoms with E-state index in [9.17, 15) is 4.79 Å². The van der Waals surface area contributed by atoms with Crippen molar-refractivity contribution in [3.8, 4) is 11.4 Å². The Labute approximate surface area is 183 Å². The third-order valence-electron chi connectivity index (χ3n) is 4.44. The predicted molar refractivity (Wildman–Crippen MR) is 121 cm³/mol. The molecule has 0 radical (unpaired) electrons. The number of carbonyl (C=O) groups excluding carboxylic acids is 1. The summed E-state index contributed by atoms with van der Waals surface area (Å²) in [5.74, 6) is 7.06. The highest BCUT2D eigenvalue weighted by Crippen LogP contribution is 2.28. The van der Waals surface area contributed by atoms with Gasteiger partial charge in [-0.15, -0.1) is 10.2 Å². The van der Waals surface area contributed by atoms with Gasteiger partial charge in [-0.05, 0) is 31.0 Å². The van der Waals surface area contributed by atoms with Gasteiger partial charge in [0.05, 0.1) is 5.75 Å². The van der Waals surface area contributed by atoms with Gasteiger partial charge in [0, 0.05) is 23.1 Å². The van der Waals surface area contributed by atoms with Gasteiger partial charge < -0.3 is 10.7 Å². The molecule has 0 spiro atoms. The van der Waals surface area contributed by atoms with E-state index in [1.807, 2.05) is 29.2 Å². The number of halogens is 1. The number of aryl methyl sites for hydroxylation is 1. The lowest BCUT2D eigenvalue weighted by Crippen LogP contribution is -2.32. The third kappa shape index (κ3) is 5.39. The maximum Gasteiger partial charge on any atom is 0.233 e. The number of aromatic nitrogens is 3. The average molecular weight is 474 g/mol. The van der Waals surface area contributed by atoms with E-state index in [-0.39, 0.29) is 11.7 Å². The highest BCUT2D eigenvalue weighted by molar-refractivity contribution is 9.10. The summed E-state index contributed by atoms with van der Waals surface area (Å²) in [7, 11) is 0. The van der Waals surface area contributed by atoms with Gasteiger partial charge in [0.15, 0.2) is 5.82 Å². The zero-order valence-corrected chi connectivity index (χ0v) is 18.9. The van der Waals surface area contributed by atoms with Crippen LogP contribution in [0.25, 0.3) is 11.4 Å². The monoisotopic (exact) mass is 473 g/mol. The number of rotatable bonds is 8. The lowest BCUT2D eigenvalue weighted by molar-refractivity contribution is -0.129. The van der Waals surface area contributed by atoms with Crippen LogP contribution in [0.4, 0.5) is 0 Å². The van der Waals surface area contributed by atoms with Crippen molar-refractivity contribution < 1.29 is 4.79 Å². The summed E-state index contributed by atoms with van der Waals surface area (Å²) in [4.78, 5) is 14.7. The van der Waals surface area contributed by atoms with Crippen LogP contribution >= 0.6 is 27.7 Å². The highest BCUT2D eigenvalue weighted by Gasteiger charge is 2.18. The fraction of sp³-hybridized carbons (Fsp3) is 0.286. The molecule has 0 unspecified atom stereocenters. The summed E-state index contributed by atoms with van der Waals surface area (Å²) in [5, 5.41) is 8.87. The molecule has 0 bridgehead atoms. The van der Waals surface area contributed by atoms with Crippen LogP contribution in [-0.4, -0.2) is 38.0 Å². The van der Waals surface area contributed by atoms with Crippen molar-refractivity contribution in [3.63, 3.8) is 0 Å². The molecule has 6 nitrogen and oxygen atoms in total. The molecule has 29 heavy (non-hydrogen) atoms. The molecule has 152 valence electrons. The van der Waals surface area contributed by atoms with Crippen LogP contribution in [0.1, 0.15) is 24.5 Å². The van der Waals surface area contributed by atoms with Crippen molar-refractivity contribution in [2.75, 3.05) is 18.1 Å². The molecule has 2 aromatic carbocycles. The molecule has 0 saturated heterocycles. The molecular formula is C21H24BrN5OS. The first-order valence-electron chi connectivity index (χ1n) is 9.41. The fourth-order valence-electron chi connectivity index (χ4n) is 2.89. The second-order valence-corrected chi connectivity index (χ2v) is 8.54. The van der Waals surface area contributed by atoms with Crippen molar-refractivity contribution in [1.82, 2.24) is 19.8 Å². The number of nitrogens with zero attached hydrogens (tertiary/aromatic N) is 4. The topological polar surface area (TPSA) is 77.0 Å². The van der Waals surface area contributed by atoms with Crippen LogP contribution < -0.4 is 5.84 Å². The number of amides is 1.